The summed E-state index contributed by atoms with van der Waals surface area (Å²) in [6.07, 6.45) is 3.88. The summed E-state index contributed by atoms with van der Waals surface area (Å²) in [6, 6.07) is 20.6. The molecule has 0 fully saturated rings. The maximum absolute atomic E-state index is 13.3. The van der Waals surface area contributed by atoms with Crippen LogP contribution in [0.5, 0.6) is 11.5 Å². The molecule has 0 unspecified atom stereocenters. The molecular formula is C26H23N5O3. The molecule has 1 amide bonds. The molecule has 0 saturated carbocycles. The van der Waals surface area contributed by atoms with Crippen molar-refractivity contribution in [1.82, 2.24) is 19.2 Å². The molecule has 34 heavy (non-hydrogen) atoms. The molecule has 0 aliphatic carbocycles. The molecule has 0 radical (unpaired) electrons. The van der Waals surface area contributed by atoms with E-state index in [0.717, 1.165) is 22.5 Å². The van der Waals surface area contributed by atoms with Gasteiger partial charge in [-0.15, -0.1) is 0 Å². The van der Waals surface area contributed by atoms with Crippen molar-refractivity contribution in [2.24, 2.45) is 7.05 Å². The number of carbonyl (C=O) groups is 1. The largest absolute Gasteiger partial charge is 0.497 e. The Balaban J connectivity index is 1.47. The number of nitrogens with one attached hydrogen (secondary N) is 1. The number of aromatic nitrogens is 4. The lowest BCUT2D eigenvalue weighted by molar-refractivity contribution is 0.101. The van der Waals surface area contributed by atoms with Gasteiger partial charge in [0.2, 0.25) is 0 Å². The van der Waals surface area contributed by atoms with Gasteiger partial charge < -0.3 is 19.2 Å². The maximum atomic E-state index is 13.3. The van der Waals surface area contributed by atoms with Crippen LogP contribution in [0.2, 0.25) is 0 Å². The van der Waals surface area contributed by atoms with E-state index in [1.165, 1.54) is 0 Å². The minimum absolute atomic E-state index is 0.278. The third-order valence-corrected chi connectivity index (χ3v) is 5.61. The van der Waals surface area contributed by atoms with E-state index in [1.54, 1.807) is 32.0 Å². The Kier molecular flexibility index (Phi) is 5.47. The number of pyridine rings is 1. The van der Waals surface area contributed by atoms with E-state index < -0.39 is 0 Å². The molecule has 3 heterocycles. The first-order chi connectivity index (χ1) is 16.6. The molecule has 1 N–H and O–H groups in total. The van der Waals surface area contributed by atoms with Crippen LogP contribution in [-0.2, 0) is 7.05 Å². The smallest absolute Gasteiger partial charge is 0.273 e. The summed E-state index contributed by atoms with van der Waals surface area (Å²) >= 11 is 0. The van der Waals surface area contributed by atoms with Crippen molar-refractivity contribution < 1.29 is 14.3 Å². The summed E-state index contributed by atoms with van der Waals surface area (Å²) in [4.78, 5) is 17.9. The summed E-state index contributed by atoms with van der Waals surface area (Å²) in [7, 11) is 4.93. The SMILES string of the molecule is COc1ccc(OC)c(-c2cc(C(=O)Nc3ccccc3-c3cn4ccccc4n3)n(C)n2)c1. The van der Waals surface area contributed by atoms with Gasteiger partial charge in [-0.2, -0.15) is 5.10 Å². The normalized spacial score (nSPS) is 10.9. The number of rotatable bonds is 6. The molecule has 8 heteroatoms. The lowest BCUT2D eigenvalue weighted by Crippen LogP contribution is -2.16. The fraction of sp³-hybridized carbons (Fsp3) is 0.115. The van der Waals surface area contributed by atoms with Crippen LogP contribution in [-0.4, -0.2) is 39.3 Å². The minimum Gasteiger partial charge on any atom is -0.497 e. The Morgan fingerprint density at radius 1 is 0.912 bits per heavy atom. The molecule has 8 nitrogen and oxygen atoms in total. The number of anilines is 1. The van der Waals surface area contributed by atoms with Gasteiger partial charge in [-0.1, -0.05) is 24.3 Å². The van der Waals surface area contributed by atoms with Crippen LogP contribution in [0.1, 0.15) is 10.5 Å². The Morgan fingerprint density at radius 3 is 2.53 bits per heavy atom. The molecule has 0 spiro atoms. The Morgan fingerprint density at radius 2 is 1.74 bits per heavy atom. The highest BCUT2D eigenvalue weighted by Gasteiger charge is 2.19. The number of ether oxygens (including phenoxy) is 2. The molecule has 2 aromatic carbocycles. The number of para-hydroxylation sites is 1. The predicted octanol–water partition coefficient (Wildman–Crippen LogP) is 4.67. The summed E-state index contributed by atoms with van der Waals surface area (Å²) in [6.45, 7) is 0. The van der Waals surface area contributed by atoms with Crippen molar-refractivity contribution >= 4 is 17.2 Å². The Hall–Kier alpha value is -4.59. The standard InChI is InChI=1S/C26H23N5O3/c1-30-23(15-21(29-30)19-14-17(33-2)11-12-24(19)34-3)26(32)28-20-9-5-4-8-18(20)22-16-31-13-7-6-10-25(31)27-22/h4-16H,1-3H3,(H,28,32). The van der Waals surface area contributed by atoms with Crippen molar-refractivity contribution in [2.75, 3.05) is 19.5 Å². The molecule has 0 saturated heterocycles. The summed E-state index contributed by atoms with van der Waals surface area (Å²) < 4.78 is 14.3. The second-order valence-electron chi connectivity index (χ2n) is 7.70. The van der Waals surface area contributed by atoms with E-state index in [9.17, 15) is 4.79 Å². The molecule has 0 aliphatic heterocycles. The van der Waals surface area contributed by atoms with Crippen molar-refractivity contribution in [3.05, 3.63) is 84.8 Å². The van der Waals surface area contributed by atoms with E-state index in [-0.39, 0.29) is 5.91 Å². The van der Waals surface area contributed by atoms with E-state index in [4.69, 9.17) is 9.47 Å². The van der Waals surface area contributed by atoms with Gasteiger partial charge >= 0.3 is 0 Å². The monoisotopic (exact) mass is 453 g/mol. The lowest BCUT2D eigenvalue weighted by Gasteiger charge is -2.09. The number of hydrogen-bond donors (Lipinski definition) is 1. The van der Waals surface area contributed by atoms with Gasteiger partial charge in [0.1, 0.15) is 22.8 Å². The molecule has 170 valence electrons. The molecule has 0 aliphatic rings. The third-order valence-electron chi connectivity index (χ3n) is 5.61. The predicted molar refractivity (Wildman–Crippen MR) is 130 cm³/mol. The summed E-state index contributed by atoms with van der Waals surface area (Å²) in [5, 5.41) is 7.56. The number of hydrogen-bond acceptors (Lipinski definition) is 5. The van der Waals surface area contributed by atoms with Crippen molar-refractivity contribution in [3.63, 3.8) is 0 Å². The first kappa shape index (κ1) is 21.3. The molecular weight excluding hydrogens is 430 g/mol. The molecule has 5 rings (SSSR count). The topological polar surface area (TPSA) is 82.7 Å². The maximum Gasteiger partial charge on any atom is 0.273 e. The Bertz CT molecular complexity index is 1470. The van der Waals surface area contributed by atoms with Crippen LogP contribution in [0.25, 0.3) is 28.2 Å². The summed E-state index contributed by atoms with van der Waals surface area (Å²) in [5.74, 6) is 1.04. The third kappa shape index (κ3) is 3.86. The van der Waals surface area contributed by atoms with Crippen molar-refractivity contribution in [3.8, 4) is 34.0 Å². The zero-order valence-corrected chi connectivity index (χ0v) is 19.0. The number of fused-ring (bicyclic) bond motifs is 1. The molecule has 0 atom stereocenters. The van der Waals surface area contributed by atoms with E-state index in [1.807, 2.05) is 77.5 Å². The fourth-order valence-corrected chi connectivity index (χ4v) is 3.89. The van der Waals surface area contributed by atoms with Gasteiger partial charge in [0, 0.05) is 30.6 Å². The zero-order chi connectivity index (χ0) is 23.7. The van der Waals surface area contributed by atoms with Crippen LogP contribution in [0.4, 0.5) is 5.69 Å². The average molecular weight is 454 g/mol. The quantitative estimate of drug-likeness (QED) is 0.404. The fourth-order valence-electron chi connectivity index (χ4n) is 3.89. The lowest BCUT2D eigenvalue weighted by atomic mass is 10.1. The van der Waals surface area contributed by atoms with Gasteiger partial charge in [-0.3, -0.25) is 9.48 Å². The minimum atomic E-state index is -0.278. The van der Waals surface area contributed by atoms with Crippen molar-refractivity contribution in [2.45, 2.75) is 0 Å². The second-order valence-corrected chi connectivity index (χ2v) is 7.70. The van der Waals surface area contributed by atoms with E-state index in [2.05, 4.69) is 15.4 Å². The van der Waals surface area contributed by atoms with Crippen LogP contribution < -0.4 is 14.8 Å². The number of nitrogens with zero attached hydrogens (tertiary/aromatic N) is 4. The highest BCUT2D eigenvalue weighted by Crippen LogP contribution is 2.33. The highest BCUT2D eigenvalue weighted by molar-refractivity contribution is 6.05. The van der Waals surface area contributed by atoms with Gasteiger partial charge in [0.15, 0.2) is 0 Å². The number of methoxy groups -OCH3 is 2. The highest BCUT2D eigenvalue weighted by atomic mass is 16.5. The molecule has 5 aromatic rings. The van der Waals surface area contributed by atoms with Crippen LogP contribution in [0.15, 0.2) is 79.1 Å². The number of imidazole rings is 1. The second kappa shape index (κ2) is 8.74. The van der Waals surface area contributed by atoms with Gasteiger partial charge in [-0.25, -0.2) is 4.98 Å². The number of carbonyl (C=O) groups excluding carboxylic acids is 1. The van der Waals surface area contributed by atoms with Gasteiger partial charge in [-0.05, 0) is 42.5 Å². The number of benzene rings is 2. The van der Waals surface area contributed by atoms with E-state index in [0.29, 0.717) is 28.6 Å². The van der Waals surface area contributed by atoms with Crippen molar-refractivity contribution in [1.29, 1.82) is 0 Å². The average Bonchev–Trinajstić information content (AvgIpc) is 3.47. The summed E-state index contributed by atoms with van der Waals surface area (Å²) in [5.41, 5.74) is 4.85. The van der Waals surface area contributed by atoms with Crippen LogP contribution >= 0.6 is 0 Å². The van der Waals surface area contributed by atoms with Crippen LogP contribution in [0.3, 0.4) is 0 Å². The van der Waals surface area contributed by atoms with Crippen LogP contribution in [0, 0.1) is 0 Å². The molecule has 3 aromatic heterocycles. The number of amides is 1. The first-order valence-electron chi connectivity index (χ1n) is 10.7. The van der Waals surface area contributed by atoms with Gasteiger partial charge in [0.25, 0.3) is 5.91 Å². The number of aryl methyl sites for hydroxylation is 1. The first-order valence-corrected chi connectivity index (χ1v) is 10.7. The van der Waals surface area contributed by atoms with Gasteiger partial charge in [0.05, 0.1) is 31.3 Å². The zero-order valence-electron chi connectivity index (χ0n) is 19.0. The Labute approximate surface area is 196 Å². The molecule has 0 bridgehead atoms. The van der Waals surface area contributed by atoms with E-state index >= 15 is 0 Å².